The molecule has 1 aromatic heterocycles. The molecule has 0 radical (unpaired) electrons. The molecule has 0 amide bonds. The van der Waals surface area contributed by atoms with E-state index < -0.39 is 0 Å². The molecule has 1 aromatic carbocycles. The molecule has 0 aliphatic rings. The molecule has 0 aliphatic heterocycles. The Balaban J connectivity index is 2.15. The Kier molecular flexibility index (Phi) is 5.21. The van der Waals surface area contributed by atoms with Gasteiger partial charge in [-0.2, -0.15) is 5.10 Å². The third-order valence-corrected chi connectivity index (χ3v) is 4.63. The Morgan fingerprint density at radius 2 is 2.10 bits per heavy atom. The number of nitrogens with one attached hydrogen (secondary N) is 1. The van der Waals surface area contributed by atoms with Gasteiger partial charge in [0, 0.05) is 23.1 Å². The average molecular weight is 358 g/mol. The lowest BCUT2D eigenvalue weighted by atomic mass is 10.00. The summed E-state index contributed by atoms with van der Waals surface area (Å²) in [6.07, 6.45) is 1.57. The molecule has 108 valence electrons. The summed E-state index contributed by atoms with van der Waals surface area (Å²) in [6.45, 7) is 1.97. The van der Waals surface area contributed by atoms with E-state index in [0.717, 1.165) is 28.6 Å². The highest BCUT2D eigenvalue weighted by atomic mass is 79.9. The Bertz CT molecular complexity index is 597. The summed E-state index contributed by atoms with van der Waals surface area (Å²) >= 11 is 9.83. The van der Waals surface area contributed by atoms with Crippen LogP contribution in [0.1, 0.15) is 16.8 Å². The van der Waals surface area contributed by atoms with Crippen LogP contribution in [0.25, 0.3) is 0 Å². The van der Waals surface area contributed by atoms with Crippen LogP contribution in [0.5, 0.6) is 0 Å². The van der Waals surface area contributed by atoms with Crippen molar-refractivity contribution < 1.29 is 0 Å². The Morgan fingerprint density at radius 3 is 2.65 bits per heavy atom. The summed E-state index contributed by atoms with van der Waals surface area (Å²) in [5.41, 5.74) is 6.08. The summed E-state index contributed by atoms with van der Waals surface area (Å²) in [5, 5.41) is 5.01. The standard InChI is InChI=1S/C14H18BrClN4/c1-9-12(14(16)20(2)19-9)8-11(18-17)7-10-5-3-4-6-13(10)15/h3-6,11,18H,7-8,17H2,1-2H3. The molecule has 0 saturated carbocycles. The highest BCUT2D eigenvalue weighted by Gasteiger charge is 2.17. The third-order valence-electron chi connectivity index (χ3n) is 3.38. The van der Waals surface area contributed by atoms with Crippen LogP contribution >= 0.6 is 27.5 Å². The van der Waals surface area contributed by atoms with Crippen LogP contribution in [-0.4, -0.2) is 15.8 Å². The minimum Gasteiger partial charge on any atom is -0.271 e. The highest BCUT2D eigenvalue weighted by molar-refractivity contribution is 9.10. The first-order valence-corrected chi connectivity index (χ1v) is 7.57. The lowest BCUT2D eigenvalue weighted by Gasteiger charge is -2.16. The van der Waals surface area contributed by atoms with Gasteiger partial charge in [0.25, 0.3) is 0 Å². The fourth-order valence-electron chi connectivity index (χ4n) is 2.27. The predicted molar refractivity (Wildman–Crippen MR) is 85.6 cm³/mol. The quantitative estimate of drug-likeness (QED) is 0.639. The molecule has 0 spiro atoms. The number of halogens is 2. The lowest BCUT2D eigenvalue weighted by molar-refractivity contribution is 0.521. The third kappa shape index (κ3) is 3.41. The van der Waals surface area contributed by atoms with E-state index in [9.17, 15) is 0 Å². The van der Waals surface area contributed by atoms with Crippen LogP contribution in [0.15, 0.2) is 28.7 Å². The molecule has 4 nitrogen and oxygen atoms in total. The van der Waals surface area contributed by atoms with Crippen molar-refractivity contribution in [1.82, 2.24) is 15.2 Å². The number of hydrogen-bond donors (Lipinski definition) is 2. The smallest absolute Gasteiger partial charge is 0.130 e. The van der Waals surface area contributed by atoms with Crippen molar-refractivity contribution in [3.05, 3.63) is 50.7 Å². The summed E-state index contributed by atoms with van der Waals surface area (Å²) < 4.78 is 2.78. The maximum absolute atomic E-state index is 6.27. The first-order chi connectivity index (χ1) is 9.52. The molecular formula is C14H18BrClN4. The van der Waals surface area contributed by atoms with E-state index in [4.69, 9.17) is 17.4 Å². The van der Waals surface area contributed by atoms with E-state index in [0.29, 0.717) is 5.15 Å². The van der Waals surface area contributed by atoms with E-state index >= 15 is 0 Å². The number of hydrazine groups is 1. The second-order valence-corrected chi connectivity index (χ2v) is 6.05. The van der Waals surface area contributed by atoms with Gasteiger partial charge in [-0.05, 0) is 31.4 Å². The van der Waals surface area contributed by atoms with Gasteiger partial charge in [0.2, 0.25) is 0 Å². The molecule has 0 bridgehead atoms. The van der Waals surface area contributed by atoms with Gasteiger partial charge in [-0.25, -0.2) is 0 Å². The molecule has 0 aliphatic carbocycles. The Labute approximate surface area is 132 Å². The summed E-state index contributed by atoms with van der Waals surface area (Å²) in [4.78, 5) is 0. The van der Waals surface area contributed by atoms with Crippen molar-refractivity contribution in [2.24, 2.45) is 12.9 Å². The van der Waals surface area contributed by atoms with Crippen molar-refractivity contribution in [3.8, 4) is 0 Å². The number of aromatic nitrogens is 2. The predicted octanol–water partition coefficient (Wildman–Crippen LogP) is 2.76. The summed E-state index contributed by atoms with van der Waals surface area (Å²) in [6, 6.07) is 8.25. The molecule has 3 N–H and O–H groups in total. The van der Waals surface area contributed by atoms with Crippen molar-refractivity contribution in [3.63, 3.8) is 0 Å². The van der Waals surface area contributed by atoms with E-state index in [-0.39, 0.29) is 6.04 Å². The van der Waals surface area contributed by atoms with Crippen LogP contribution in [-0.2, 0) is 19.9 Å². The van der Waals surface area contributed by atoms with Crippen molar-refractivity contribution in [1.29, 1.82) is 0 Å². The van der Waals surface area contributed by atoms with E-state index in [1.165, 1.54) is 5.56 Å². The van der Waals surface area contributed by atoms with Gasteiger partial charge < -0.3 is 0 Å². The first kappa shape index (κ1) is 15.5. The summed E-state index contributed by atoms with van der Waals surface area (Å²) in [7, 11) is 1.84. The van der Waals surface area contributed by atoms with Gasteiger partial charge in [0.15, 0.2) is 0 Å². The number of benzene rings is 1. The molecule has 2 rings (SSSR count). The molecular weight excluding hydrogens is 340 g/mol. The van der Waals surface area contributed by atoms with Crippen molar-refractivity contribution in [2.75, 3.05) is 0 Å². The zero-order valence-electron chi connectivity index (χ0n) is 11.5. The molecule has 1 unspecified atom stereocenters. The number of nitrogens with two attached hydrogens (primary N) is 1. The van der Waals surface area contributed by atoms with E-state index in [1.54, 1.807) is 4.68 Å². The van der Waals surface area contributed by atoms with Crippen LogP contribution in [0.2, 0.25) is 5.15 Å². The number of hydrogen-bond acceptors (Lipinski definition) is 3. The topological polar surface area (TPSA) is 55.9 Å². The van der Waals surface area contributed by atoms with Gasteiger partial charge in [0.05, 0.1) is 5.69 Å². The zero-order chi connectivity index (χ0) is 14.7. The second kappa shape index (κ2) is 6.72. The number of rotatable bonds is 5. The molecule has 2 aromatic rings. The fraction of sp³-hybridized carbons (Fsp3) is 0.357. The first-order valence-electron chi connectivity index (χ1n) is 6.40. The average Bonchev–Trinajstić information content (AvgIpc) is 2.66. The van der Waals surface area contributed by atoms with Crippen LogP contribution in [0.3, 0.4) is 0 Å². The molecule has 1 heterocycles. The Hall–Kier alpha value is -0.880. The Morgan fingerprint density at radius 1 is 1.40 bits per heavy atom. The summed E-state index contributed by atoms with van der Waals surface area (Å²) in [5.74, 6) is 5.69. The van der Waals surface area contributed by atoms with Gasteiger partial charge in [-0.1, -0.05) is 45.7 Å². The van der Waals surface area contributed by atoms with Crippen LogP contribution in [0, 0.1) is 6.92 Å². The molecule has 0 fully saturated rings. The SMILES string of the molecule is Cc1nn(C)c(Cl)c1CC(Cc1ccccc1Br)NN. The molecule has 1 atom stereocenters. The zero-order valence-corrected chi connectivity index (χ0v) is 13.9. The maximum atomic E-state index is 6.27. The van der Waals surface area contributed by atoms with Crippen LogP contribution in [0.4, 0.5) is 0 Å². The van der Waals surface area contributed by atoms with Gasteiger partial charge >= 0.3 is 0 Å². The van der Waals surface area contributed by atoms with E-state index in [2.05, 4.69) is 32.5 Å². The minimum absolute atomic E-state index is 0.106. The number of nitrogens with zero attached hydrogens (tertiary/aromatic N) is 2. The largest absolute Gasteiger partial charge is 0.271 e. The minimum atomic E-state index is 0.106. The van der Waals surface area contributed by atoms with Gasteiger partial charge in [0.1, 0.15) is 5.15 Å². The van der Waals surface area contributed by atoms with Crippen molar-refractivity contribution in [2.45, 2.75) is 25.8 Å². The normalized spacial score (nSPS) is 12.7. The van der Waals surface area contributed by atoms with Crippen molar-refractivity contribution >= 4 is 27.5 Å². The fourth-order valence-corrected chi connectivity index (χ4v) is 2.97. The molecule has 6 heteroatoms. The lowest BCUT2D eigenvalue weighted by Crippen LogP contribution is -2.38. The number of aryl methyl sites for hydroxylation is 2. The monoisotopic (exact) mass is 356 g/mol. The second-order valence-electron chi connectivity index (χ2n) is 4.84. The van der Waals surface area contributed by atoms with Gasteiger partial charge in [-0.3, -0.25) is 16.0 Å². The highest BCUT2D eigenvalue weighted by Crippen LogP contribution is 2.23. The van der Waals surface area contributed by atoms with Gasteiger partial charge in [-0.15, -0.1) is 0 Å². The maximum Gasteiger partial charge on any atom is 0.130 e. The molecule has 0 saturated heterocycles. The van der Waals surface area contributed by atoms with Crippen LogP contribution < -0.4 is 11.3 Å². The molecule has 20 heavy (non-hydrogen) atoms. The van der Waals surface area contributed by atoms with E-state index in [1.807, 2.05) is 32.2 Å².